The molecule has 2 rings (SSSR count). The van der Waals surface area contributed by atoms with Crippen LogP contribution in [-0.2, 0) is 6.42 Å². The second-order valence-corrected chi connectivity index (χ2v) is 3.52. The standard InChI is InChI=1S/C11H12N4O2/c1-7-8(3-6-16)11(17)15-10(14-7)9-12-4-2-5-13-9/h2,4-5,16H,3,6H2,1H3,(H,14,15,17). The third-order valence-corrected chi connectivity index (χ3v) is 2.36. The van der Waals surface area contributed by atoms with Crippen molar-refractivity contribution in [3.8, 4) is 11.6 Å². The Morgan fingerprint density at radius 1 is 1.35 bits per heavy atom. The van der Waals surface area contributed by atoms with E-state index < -0.39 is 0 Å². The summed E-state index contributed by atoms with van der Waals surface area (Å²) in [4.78, 5) is 26.6. The number of rotatable bonds is 3. The lowest BCUT2D eigenvalue weighted by atomic mass is 10.2. The van der Waals surface area contributed by atoms with E-state index in [2.05, 4.69) is 19.9 Å². The van der Waals surface area contributed by atoms with E-state index in [9.17, 15) is 4.79 Å². The predicted octanol–water partition coefficient (Wildman–Crippen LogP) is 0.0701. The molecule has 0 amide bonds. The maximum atomic E-state index is 11.8. The van der Waals surface area contributed by atoms with Gasteiger partial charge in [-0.15, -0.1) is 0 Å². The number of aromatic amines is 1. The summed E-state index contributed by atoms with van der Waals surface area (Å²) in [5.41, 5.74) is 0.825. The highest BCUT2D eigenvalue weighted by Gasteiger charge is 2.10. The van der Waals surface area contributed by atoms with Crippen LogP contribution in [0.4, 0.5) is 0 Å². The van der Waals surface area contributed by atoms with E-state index in [-0.39, 0.29) is 12.2 Å². The molecular weight excluding hydrogens is 220 g/mol. The van der Waals surface area contributed by atoms with Crippen molar-refractivity contribution in [1.29, 1.82) is 0 Å². The molecule has 0 aromatic carbocycles. The summed E-state index contributed by atoms with van der Waals surface area (Å²) in [6.45, 7) is 1.65. The minimum absolute atomic E-state index is 0.0766. The number of aryl methyl sites for hydroxylation is 1. The van der Waals surface area contributed by atoms with E-state index in [0.29, 0.717) is 29.3 Å². The zero-order chi connectivity index (χ0) is 12.3. The summed E-state index contributed by atoms with van der Waals surface area (Å²) in [7, 11) is 0. The predicted molar refractivity (Wildman–Crippen MR) is 61.4 cm³/mol. The topological polar surface area (TPSA) is 91.8 Å². The highest BCUT2D eigenvalue weighted by molar-refractivity contribution is 5.42. The lowest BCUT2D eigenvalue weighted by Crippen LogP contribution is -2.19. The largest absolute Gasteiger partial charge is 0.396 e. The van der Waals surface area contributed by atoms with Gasteiger partial charge in [-0.2, -0.15) is 0 Å². The molecule has 0 fully saturated rings. The number of nitrogens with zero attached hydrogens (tertiary/aromatic N) is 3. The fourth-order valence-electron chi connectivity index (χ4n) is 1.54. The first kappa shape index (κ1) is 11.4. The zero-order valence-corrected chi connectivity index (χ0v) is 9.34. The van der Waals surface area contributed by atoms with Gasteiger partial charge in [-0.1, -0.05) is 0 Å². The Morgan fingerprint density at radius 2 is 2.06 bits per heavy atom. The van der Waals surface area contributed by atoms with Gasteiger partial charge in [0.2, 0.25) is 0 Å². The molecule has 0 aliphatic heterocycles. The summed E-state index contributed by atoms with van der Waals surface area (Å²) in [5, 5.41) is 8.85. The van der Waals surface area contributed by atoms with Gasteiger partial charge >= 0.3 is 0 Å². The SMILES string of the molecule is Cc1nc(-c2ncccn2)[nH]c(=O)c1CCO. The molecule has 0 atom stereocenters. The lowest BCUT2D eigenvalue weighted by Gasteiger charge is -2.04. The molecule has 0 saturated heterocycles. The third-order valence-electron chi connectivity index (χ3n) is 2.36. The molecule has 0 radical (unpaired) electrons. The molecule has 0 unspecified atom stereocenters. The minimum atomic E-state index is -0.256. The van der Waals surface area contributed by atoms with Crippen molar-refractivity contribution in [3.63, 3.8) is 0 Å². The van der Waals surface area contributed by atoms with Crippen LogP contribution in [0.2, 0.25) is 0 Å². The number of aliphatic hydroxyl groups excluding tert-OH is 1. The molecule has 2 heterocycles. The van der Waals surface area contributed by atoms with Crippen LogP contribution in [0.5, 0.6) is 0 Å². The van der Waals surface area contributed by atoms with Crippen LogP contribution in [0, 0.1) is 6.92 Å². The van der Waals surface area contributed by atoms with Gasteiger partial charge < -0.3 is 10.1 Å². The number of H-pyrrole nitrogens is 1. The number of aliphatic hydroxyl groups is 1. The lowest BCUT2D eigenvalue weighted by molar-refractivity contribution is 0.298. The molecular formula is C11H12N4O2. The third kappa shape index (κ3) is 2.36. The summed E-state index contributed by atoms with van der Waals surface area (Å²) in [6, 6.07) is 1.69. The first-order chi connectivity index (χ1) is 8.22. The van der Waals surface area contributed by atoms with Crippen LogP contribution in [0.3, 0.4) is 0 Å². The van der Waals surface area contributed by atoms with Crippen molar-refractivity contribution < 1.29 is 5.11 Å². The Balaban J connectivity index is 2.50. The van der Waals surface area contributed by atoms with Crippen molar-refractivity contribution in [3.05, 3.63) is 40.1 Å². The van der Waals surface area contributed by atoms with Crippen LogP contribution < -0.4 is 5.56 Å². The van der Waals surface area contributed by atoms with E-state index in [1.165, 1.54) is 0 Å². The Hall–Kier alpha value is -2.08. The fourth-order valence-corrected chi connectivity index (χ4v) is 1.54. The van der Waals surface area contributed by atoms with Crippen LogP contribution >= 0.6 is 0 Å². The van der Waals surface area contributed by atoms with Gasteiger partial charge in [0.25, 0.3) is 5.56 Å². The Labute approximate surface area is 97.4 Å². The molecule has 0 bridgehead atoms. The summed E-state index contributed by atoms with van der Waals surface area (Å²) in [5.74, 6) is 0.720. The molecule has 6 nitrogen and oxygen atoms in total. The number of nitrogens with one attached hydrogen (secondary N) is 1. The average molecular weight is 232 g/mol. The van der Waals surface area contributed by atoms with Gasteiger partial charge in [0.1, 0.15) is 0 Å². The highest BCUT2D eigenvalue weighted by atomic mass is 16.3. The molecule has 0 aliphatic carbocycles. The zero-order valence-electron chi connectivity index (χ0n) is 9.34. The average Bonchev–Trinajstić information content (AvgIpc) is 2.35. The molecule has 2 aromatic rings. The first-order valence-corrected chi connectivity index (χ1v) is 5.20. The van der Waals surface area contributed by atoms with Gasteiger partial charge in [-0.05, 0) is 13.0 Å². The summed E-state index contributed by atoms with van der Waals surface area (Å²) < 4.78 is 0. The minimum Gasteiger partial charge on any atom is -0.396 e. The number of hydrogen-bond donors (Lipinski definition) is 2. The van der Waals surface area contributed by atoms with Crippen molar-refractivity contribution in [2.75, 3.05) is 6.61 Å². The fraction of sp³-hybridized carbons (Fsp3) is 0.273. The van der Waals surface area contributed by atoms with Crippen molar-refractivity contribution in [1.82, 2.24) is 19.9 Å². The Morgan fingerprint density at radius 3 is 2.65 bits per heavy atom. The maximum Gasteiger partial charge on any atom is 0.254 e. The normalized spacial score (nSPS) is 10.5. The van der Waals surface area contributed by atoms with Crippen LogP contribution in [0.1, 0.15) is 11.3 Å². The van der Waals surface area contributed by atoms with Crippen molar-refractivity contribution in [2.24, 2.45) is 0 Å². The molecule has 6 heteroatoms. The van der Waals surface area contributed by atoms with Gasteiger partial charge in [-0.3, -0.25) is 4.79 Å². The van der Waals surface area contributed by atoms with E-state index in [1.54, 1.807) is 25.4 Å². The molecule has 0 aliphatic rings. The van der Waals surface area contributed by atoms with Gasteiger partial charge in [0.05, 0.1) is 0 Å². The monoisotopic (exact) mass is 232 g/mol. The van der Waals surface area contributed by atoms with Crippen LogP contribution in [0.15, 0.2) is 23.3 Å². The van der Waals surface area contributed by atoms with E-state index in [1.807, 2.05) is 0 Å². The van der Waals surface area contributed by atoms with Crippen LogP contribution in [-0.4, -0.2) is 31.6 Å². The van der Waals surface area contributed by atoms with E-state index in [0.717, 1.165) is 0 Å². The number of hydrogen-bond acceptors (Lipinski definition) is 5. The van der Waals surface area contributed by atoms with Crippen molar-refractivity contribution in [2.45, 2.75) is 13.3 Å². The quantitative estimate of drug-likeness (QED) is 0.781. The van der Waals surface area contributed by atoms with Crippen molar-refractivity contribution >= 4 is 0 Å². The second kappa shape index (κ2) is 4.84. The first-order valence-electron chi connectivity index (χ1n) is 5.20. The van der Waals surface area contributed by atoms with Gasteiger partial charge in [0.15, 0.2) is 11.6 Å². The van der Waals surface area contributed by atoms with Crippen LogP contribution in [0.25, 0.3) is 11.6 Å². The maximum absolute atomic E-state index is 11.8. The highest BCUT2D eigenvalue weighted by Crippen LogP contribution is 2.08. The Bertz CT molecular complexity index is 565. The molecule has 2 aromatic heterocycles. The van der Waals surface area contributed by atoms with Gasteiger partial charge in [0, 0.05) is 36.7 Å². The summed E-state index contributed by atoms with van der Waals surface area (Å²) >= 11 is 0. The number of aromatic nitrogens is 4. The van der Waals surface area contributed by atoms with E-state index >= 15 is 0 Å². The second-order valence-electron chi connectivity index (χ2n) is 3.52. The molecule has 88 valence electrons. The molecule has 0 saturated carbocycles. The molecule has 17 heavy (non-hydrogen) atoms. The smallest absolute Gasteiger partial charge is 0.254 e. The molecule has 2 N–H and O–H groups in total. The van der Waals surface area contributed by atoms with E-state index in [4.69, 9.17) is 5.11 Å². The molecule has 0 spiro atoms. The summed E-state index contributed by atoms with van der Waals surface area (Å²) in [6.07, 6.45) is 3.46. The van der Waals surface area contributed by atoms with Gasteiger partial charge in [-0.25, -0.2) is 15.0 Å². The Kier molecular flexibility index (Phi) is 3.24.